The fraction of sp³-hybridized carbons (Fsp3) is 0.300. The molecule has 0 aromatic carbocycles. The minimum Gasteiger partial charge on any atom is -0.309 e. The highest BCUT2D eigenvalue weighted by molar-refractivity contribution is 7.98. The standard InChI is InChI=1S/C10H14N6S/c1-7-14-15-10(16(7)2)17-6-8-3-4-9(13-11)12-5-8/h3-5H,6,11H2,1-2H3,(H,12,13). The van der Waals surface area contributed by atoms with Crippen molar-refractivity contribution in [2.75, 3.05) is 5.43 Å². The van der Waals surface area contributed by atoms with Gasteiger partial charge < -0.3 is 9.99 Å². The molecule has 2 aromatic heterocycles. The summed E-state index contributed by atoms with van der Waals surface area (Å²) in [6.07, 6.45) is 1.80. The number of nitrogen functional groups attached to an aromatic ring is 1. The molecule has 0 aliphatic heterocycles. The average molecular weight is 250 g/mol. The summed E-state index contributed by atoms with van der Waals surface area (Å²) in [6, 6.07) is 3.83. The van der Waals surface area contributed by atoms with Crippen LogP contribution >= 0.6 is 11.8 Å². The van der Waals surface area contributed by atoms with E-state index in [0.29, 0.717) is 5.82 Å². The lowest BCUT2D eigenvalue weighted by atomic mass is 10.3. The first kappa shape index (κ1) is 11.9. The lowest BCUT2D eigenvalue weighted by Gasteiger charge is -2.03. The molecule has 0 amide bonds. The Labute approximate surface area is 104 Å². The van der Waals surface area contributed by atoms with E-state index in [1.54, 1.807) is 18.0 Å². The second kappa shape index (κ2) is 5.15. The smallest absolute Gasteiger partial charge is 0.191 e. The van der Waals surface area contributed by atoms with E-state index in [2.05, 4.69) is 20.6 Å². The Morgan fingerprint density at radius 2 is 2.24 bits per heavy atom. The quantitative estimate of drug-likeness (QED) is 0.480. The number of thioether (sulfide) groups is 1. The maximum Gasteiger partial charge on any atom is 0.191 e. The topological polar surface area (TPSA) is 81.7 Å². The molecule has 0 aliphatic rings. The van der Waals surface area contributed by atoms with Crippen LogP contribution in [0.1, 0.15) is 11.4 Å². The maximum absolute atomic E-state index is 5.25. The number of pyridine rings is 1. The number of anilines is 1. The van der Waals surface area contributed by atoms with Gasteiger partial charge in [-0.05, 0) is 18.6 Å². The molecule has 2 aromatic rings. The Balaban J connectivity index is 2.00. The molecule has 0 saturated carbocycles. The molecule has 0 bridgehead atoms. The Hall–Kier alpha value is -1.60. The minimum absolute atomic E-state index is 0.660. The molecule has 3 N–H and O–H groups in total. The molecule has 0 spiro atoms. The van der Waals surface area contributed by atoms with Gasteiger partial charge in [0.15, 0.2) is 5.16 Å². The summed E-state index contributed by atoms with van der Waals surface area (Å²) in [4.78, 5) is 4.14. The van der Waals surface area contributed by atoms with E-state index in [9.17, 15) is 0 Å². The normalized spacial score (nSPS) is 10.5. The Morgan fingerprint density at radius 1 is 1.41 bits per heavy atom. The summed E-state index contributed by atoms with van der Waals surface area (Å²) in [5.41, 5.74) is 3.62. The first-order chi connectivity index (χ1) is 8.20. The van der Waals surface area contributed by atoms with Crippen molar-refractivity contribution in [2.24, 2.45) is 12.9 Å². The van der Waals surface area contributed by atoms with Crippen LogP contribution in [-0.2, 0) is 12.8 Å². The number of hydrogen-bond donors (Lipinski definition) is 2. The van der Waals surface area contributed by atoms with Crippen molar-refractivity contribution in [3.63, 3.8) is 0 Å². The summed E-state index contributed by atoms with van der Waals surface area (Å²) >= 11 is 1.63. The van der Waals surface area contributed by atoms with E-state index in [0.717, 1.165) is 22.3 Å². The monoisotopic (exact) mass is 250 g/mol. The van der Waals surface area contributed by atoms with Crippen molar-refractivity contribution in [3.05, 3.63) is 29.7 Å². The zero-order valence-electron chi connectivity index (χ0n) is 9.71. The van der Waals surface area contributed by atoms with Gasteiger partial charge in [0.05, 0.1) is 0 Å². The molecular weight excluding hydrogens is 236 g/mol. The molecule has 7 heteroatoms. The number of hydrazine groups is 1. The predicted octanol–water partition coefficient (Wildman–Crippen LogP) is 1.10. The van der Waals surface area contributed by atoms with Crippen molar-refractivity contribution < 1.29 is 0 Å². The molecule has 0 saturated heterocycles. The molecule has 6 nitrogen and oxygen atoms in total. The second-order valence-electron chi connectivity index (χ2n) is 3.57. The third kappa shape index (κ3) is 2.75. The van der Waals surface area contributed by atoms with Crippen LogP contribution in [0.15, 0.2) is 23.5 Å². The highest BCUT2D eigenvalue weighted by Crippen LogP contribution is 2.20. The lowest BCUT2D eigenvalue weighted by Crippen LogP contribution is -2.08. The zero-order valence-corrected chi connectivity index (χ0v) is 10.5. The van der Waals surface area contributed by atoms with Crippen molar-refractivity contribution in [1.82, 2.24) is 19.7 Å². The Bertz CT molecular complexity index is 492. The molecule has 2 heterocycles. The lowest BCUT2D eigenvalue weighted by molar-refractivity contribution is 0.765. The van der Waals surface area contributed by atoms with Gasteiger partial charge >= 0.3 is 0 Å². The number of nitrogens with zero attached hydrogens (tertiary/aromatic N) is 4. The summed E-state index contributed by atoms with van der Waals surface area (Å²) in [7, 11) is 1.96. The number of nitrogens with one attached hydrogen (secondary N) is 1. The predicted molar refractivity (Wildman–Crippen MR) is 67.3 cm³/mol. The average Bonchev–Trinajstić information content (AvgIpc) is 2.68. The van der Waals surface area contributed by atoms with Gasteiger partial charge in [-0.1, -0.05) is 17.8 Å². The molecule has 2 rings (SSSR count). The zero-order chi connectivity index (χ0) is 12.3. The van der Waals surface area contributed by atoms with Crippen molar-refractivity contribution >= 4 is 17.6 Å². The molecule has 0 radical (unpaired) electrons. The number of rotatable bonds is 4. The Morgan fingerprint density at radius 3 is 2.76 bits per heavy atom. The number of aromatic nitrogens is 4. The number of hydrogen-bond acceptors (Lipinski definition) is 6. The summed E-state index contributed by atoms with van der Waals surface area (Å²) in [6.45, 7) is 1.93. The van der Waals surface area contributed by atoms with Gasteiger partial charge in [0.1, 0.15) is 11.6 Å². The van der Waals surface area contributed by atoms with Gasteiger partial charge in [-0.3, -0.25) is 0 Å². The van der Waals surface area contributed by atoms with Crippen LogP contribution in [-0.4, -0.2) is 19.7 Å². The van der Waals surface area contributed by atoms with Crippen molar-refractivity contribution in [1.29, 1.82) is 0 Å². The van der Waals surface area contributed by atoms with E-state index in [-0.39, 0.29) is 0 Å². The maximum atomic E-state index is 5.25. The largest absolute Gasteiger partial charge is 0.309 e. The van der Waals surface area contributed by atoms with Gasteiger partial charge in [-0.25, -0.2) is 10.8 Å². The summed E-state index contributed by atoms with van der Waals surface area (Å²) < 4.78 is 1.97. The summed E-state index contributed by atoms with van der Waals surface area (Å²) in [5, 5.41) is 9.00. The molecule has 90 valence electrons. The summed E-state index contributed by atoms with van der Waals surface area (Å²) in [5.74, 6) is 7.63. The molecule has 0 atom stereocenters. The third-order valence-corrected chi connectivity index (χ3v) is 3.48. The van der Waals surface area contributed by atoms with Gasteiger partial charge in [-0.2, -0.15) is 0 Å². The highest BCUT2D eigenvalue weighted by atomic mass is 32.2. The van der Waals surface area contributed by atoms with E-state index in [1.807, 2.05) is 30.7 Å². The van der Waals surface area contributed by atoms with Crippen LogP contribution in [0.5, 0.6) is 0 Å². The van der Waals surface area contributed by atoms with Crippen molar-refractivity contribution in [2.45, 2.75) is 17.8 Å². The van der Waals surface area contributed by atoms with Gasteiger partial charge in [0, 0.05) is 19.0 Å². The van der Waals surface area contributed by atoms with Crippen molar-refractivity contribution in [3.8, 4) is 0 Å². The van der Waals surface area contributed by atoms with E-state index in [4.69, 9.17) is 5.84 Å². The molecule has 17 heavy (non-hydrogen) atoms. The highest BCUT2D eigenvalue weighted by Gasteiger charge is 2.05. The minimum atomic E-state index is 0.660. The fourth-order valence-electron chi connectivity index (χ4n) is 1.26. The first-order valence-electron chi connectivity index (χ1n) is 5.11. The number of nitrogens with two attached hydrogens (primary N) is 1. The van der Waals surface area contributed by atoms with Gasteiger partial charge in [-0.15, -0.1) is 10.2 Å². The van der Waals surface area contributed by atoms with E-state index >= 15 is 0 Å². The molecule has 0 fully saturated rings. The SMILES string of the molecule is Cc1nnc(SCc2ccc(NN)nc2)n1C. The van der Waals surface area contributed by atoms with E-state index in [1.165, 1.54) is 0 Å². The third-order valence-electron chi connectivity index (χ3n) is 2.39. The van der Waals surface area contributed by atoms with Crippen LogP contribution in [0.25, 0.3) is 0 Å². The second-order valence-corrected chi connectivity index (χ2v) is 4.52. The molecular formula is C10H14N6S. The van der Waals surface area contributed by atoms with Gasteiger partial charge in [0.2, 0.25) is 0 Å². The van der Waals surface area contributed by atoms with Gasteiger partial charge in [0.25, 0.3) is 0 Å². The van der Waals surface area contributed by atoms with Crippen LogP contribution < -0.4 is 11.3 Å². The fourth-order valence-corrected chi connectivity index (χ4v) is 2.15. The molecule has 0 aliphatic carbocycles. The van der Waals surface area contributed by atoms with E-state index < -0.39 is 0 Å². The van der Waals surface area contributed by atoms with Crippen LogP contribution in [0.3, 0.4) is 0 Å². The first-order valence-corrected chi connectivity index (χ1v) is 6.09. The molecule has 0 unspecified atom stereocenters. The number of aryl methyl sites for hydroxylation is 1. The van der Waals surface area contributed by atoms with Crippen LogP contribution in [0.2, 0.25) is 0 Å². The van der Waals surface area contributed by atoms with Crippen LogP contribution in [0.4, 0.5) is 5.82 Å². The van der Waals surface area contributed by atoms with Crippen LogP contribution in [0, 0.1) is 6.92 Å². The Kier molecular flexibility index (Phi) is 3.60.